The highest BCUT2D eigenvalue weighted by molar-refractivity contribution is 7.20. The van der Waals surface area contributed by atoms with Crippen LogP contribution < -0.4 is 4.74 Å². The quantitative estimate of drug-likeness (QED) is 0.485. The van der Waals surface area contributed by atoms with Crippen molar-refractivity contribution in [2.75, 3.05) is 26.2 Å². The van der Waals surface area contributed by atoms with Gasteiger partial charge in [0.1, 0.15) is 18.1 Å². The Morgan fingerprint density at radius 1 is 1.06 bits per heavy atom. The first-order valence-electron chi connectivity index (χ1n) is 11.9. The fourth-order valence-corrected chi connectivity index (χ4v) is 6.06. The molecule has 1 fully saturated rings. The lowest BCUT2D eigenvalue weighted by Gasteiger charge is -2.25. The van der Waals surface area contributed by atoms with Gasteiger partial charge in [-0.3, -0.25) is 9.69 Å². The van der Waals surface area contributed by atoms with Crippen LogP contribution in [0.1, 0.15) is 54.5 Å². The maximum atomic E-state index is 11.7. The average Bonchev–Trinajstić information content (AvgIpc) is 3.18. The number of fused-ring (bicyclic) bond motifs is 1. The van der Waals surface area contributed by atoms with Gasteiger partial charge >= 0.3 is 0 Å². The molecule has 1 aliphatic carbocycles. The third-order valence-electron chi connectivity index (χ3n) is 6.58. The van der Waals surface area contributed by atoms with E-state index in [-0.39, 0.29) is 5.75 Å². The summed E-state index contributed by atoms with van der Waals surface area (Å²) in [5, 5.41) is 11.1. The topological polar surface area (TPSA) is 49.8 Å². The molecule has 170 valence electrons. The standard InChI is InChI=1S/C28H29NO3S/c30-22-8-6-21(7-9-22)28-26(25-13-10-23(31)19-27(25)33-28)18-20-4-11-24(12-5-20)32-17-16-29-14-2-1-3-15-29/h4,6,10-11,13,19,31H,1-3,7-9,14-18H2. The fourth-order valence-electron chi connectivity index (χ4n) is 4.74. The molecule has 3 aromatic rings. The van der Waals surface area contributed by atoms with Crippen LogP contribution in [0.15, 0.2) is 36.4 Å². The Bertz CT molecular complexity index is 1160. The Labute approximate surface area is 199 Å². The molecule has 1 N–H and O–H groups in total. The van der Waals surface area contributed by atoms with Gasteiger partial charge in [-0.15, -0.1) is 11.3 Å². The molecule has 0 spiro atoms. The van der Waals surface area contributed by atoms with Gasteiger partial charge in [-0.1, -0.05) is 18.6 Å². The molecule has 1 saturated heterocycles. The molecule has 0 bridgehead atoms. The molecule has 2 heterocycles. The molecule has 0 radical (unpaired) electrons. The number of hydrogen-bond acceptors (Lipinski definition) is 5. The first-order chi connectivity index (χ1) is 16.2. The number of rotatable bonds is 7. The van der Waals surface area contributed by atoms with E-state index in [1.54, 1.807) is 17.4 Å². The Hall–Kier alpha value is -2.81. The van der Waals surface area contributed by atoms with Crippen LogP contribution in [0.3, 0.4) is 0 Å². The van der Waals surface area contributed by atoms with E-state index in [4.69, 9.17) is 4.74 Å². The van der Waals surface area contributed by atoms with E-state index in [0.717, 1.165) is 40.8 Å². The zero-order valence-electron chi connectivity index (χ0n) is 18.9. The number of ketones is 1. The van der Waals surface area contributed by atoms with Crippen molar-refractivity contribution < 1.29 is 14.6 Å². The molecular formula is C28H29NO3S. The van der Waals surface area contributed by atoms with Gasteiger partial charge in [-0.25, -0.2) is 0 Å². The van der Waals surface area contributed by atoms with E-state index in [1.807, 2.05) is 18.2 Å². The minimum Gasteiger partial charge on any atom is -0.508 e. The maximum Gasteiger partial charge on any atom is 0.170 e. The van der Waals surface area contributed by atoms with E-state index in [2.05, 4.69) is 29.2 Å². The van der Waals surface area contributed by atoms with Gasteiger partial charge in [0.15, 0.2) is 5.75 Å². The van der Waals surface area contributed by atoms with Gasteiger partial charge < -0.3 is 9.84 Å². The van der Waals surface area contributed by atoms with Gasteiger partial charge in [0, 0.05) is 40.9 Å². The predicted octanol–water partition coefficient (Wildman–Crippen LogP) is 5.80. The SMILES string of the molecule is O=C1CC=C(c2sc3cc(O)ccc3c2Cc2c#cc(OCCN3CCCCC3)cc2)CC1. The van der Waals surface area contributed by atoms with Crippen molar-refractivity contribution in [2.45, 2.75) is 44.9 Å². The molecule has 2 aromatic carbocycles. The van der Waals surface area contributed by atoms with Crippen molar-refractivity contribution in [2.24, 2.45) is 0 Å². The third-order valence-corrected chi connectivity index (χ3v) is 7.85. The number of piperidine rings is 1. The predicted molar refractivity (Wildman–Crippen MR) is 133 cm³/mol. The van der Waals surface area contributed by atoms with Gasteiger partial charge in [0.05, 0.1) is 0 Å². The van der Waals surface area contributed by atoms with Crippen molar-refractivity contribution in [1.82, 2.24) is 4.90 Å². The number of hydrogen-bond donors (Lipinski definition) is 1. The van der Waals surface area contributed by atoms with E-state index in [1.165, 1.54) is 48.4 Å². The van der Waals surface area contributed by atoms with Crippen molar-refractivity contribution in [3.8, 4) is 11.5 Å². The normalized spacial score (nSPS) is 17.1. The molecule has 2 aliphatic rings. The molecular weight excluding hydrogens is 430 g/mol. The molecule has 0 saturated carbocycles. The summed E-state index contributed by atoms with van der Waals surface area (Å²) in [6.45, 7) is 4.00. The first-order valence-corrected chi connectivity index (χ1v) is 12.7. The Balaban J connectivity index is 1.32. The number of phenolic OH excluding ortho intramolecular Hbond substituents is 1. The van der Waals surface area contributed by atoms with Crippen LogP contribution in [0.2, 0.25) is 0 Å². The zero-order chi connectivity index (χ0) is 22.6. The van der Waals surface area contributed by atoms with Crippen molar-refractivity contribution in [1.29, 1.82) is 0 Å². The first kappa shape index (κ1) is 22.0. The third kappa shape index (κ3) is 5.24. The Morgan fingerprint density at radius 3 is 2.70 bits per heavy atom. The van der Waals surface area contributed by atoms with Crippen LogP contribution in [0.4, 0.5) is 0 Å². The summed E-state index contributed by atoms with van der Waals surface area (Å²) >= 11 is 1.70. The lowest BCUT2D eigenvalue weighted by molar-refractivity contribution is -0.118. The highest BCUT2D eigenvalue weighted by Crippen LogP contribution is 2.41. The van der Waals surface area contributed by atoms with Crippen LogP contribution >= 0.6 is 11.3 Å². The number of nitrogens with zero attached hydrogens (tertiary/aromatic N) is 1. The lowest BCUT2D eigenvalue weighted by atomic mass is 9.93. The second kappa shape index (κ2) is 9.99. The monoisotopic (exact) mass is 459 g/mol. The van der Waals surface area contributed by atoms with Crippen LogP contribution in [0, 0.1) is 12.1 Å². The van der Waals surface area contributed by atoms with Gasteiger partial charge in [0.2, 0.25) is 0 Å². The molecule has 5 rings (SSSR count). The second-order valence-electron chi connectivity index (χ2n) is 8.96. The number of Topliss-reactive ketones (excluding diaryl/α,β-unsaturated/α-hetero) is 1. The summed E-state index contributed by atoms with van der Waals surface area (Å²) in [5.74, 6) is 1.32. The van der Waals surface area contributed by atoms with E-state index in [0.29, 0.717) is 25.2 Å². The summed E-state index contributed by atoms with van der Waals surface area (Å²) < 4.78 is 6.99. The summed E-state index contributed by atoms with van der Waals surface area (Å²) in [7, 11) is 0. The molecule has 4 nitrogen and oxygen atoms in total. The molecule has 33 heavy (non-hydrogen) atoms. The van der Waals surface area contributed by atoms with Crippen molar-refractivity contribution in [3.63, 3.8) is 0 Å². The Kier molecular flexibility index (Phi) is 6.66. The average molecular weight is 460 g/mol. The molecule has 0 atom stereocenters. The summed E-state index contributed by atoms with van der Waals surface area (Å²) in [6.07, 6.45) is 8.64. The van der Waals surface area contributed by atoms with E-state index < -0.39 is 0 Å². The van der Waals surface area contributed by atoms with Crippen LogP contribution in [-0.4, -0.2) is 42.0 Å². The maximum absolute atomic E-state index is 11.7. The summed E-state index contributed by atoms with van der Waals surface area (Å²) in [6, 6.07) is 16.1. The molecule has 0 amide bonds. The van der Waals surface area contributed by atoms with Crippen LogP contribution in [-0.2, 0) is 11.2 Å². The van der Waals surface area contributed by atoms with E-state index in [9.17, 15) is 9.90 Å². The van der Waals surface area contributed by atoms with E-state index >= 15 is 0 Å². The van der Waals surface area contributed by atoms with Gasteiger partial charge in [0.25, 0.3) is 0 Å². The smallest absolute Gasteiger partial charge is 0.170 e. The molecule has 0 unspecified atom stereocenters. The minimum atomic E-state index is 0.278. The highest BCUT2D eigenvalue weighted by atomic mass is 32.1. The van der Waals surface area contributed by atoms with Crippen molar-refractivity contribution >= 4 is 32.8 Å². The molecule has 5 heteroatoms. The number of aromatic hydroxyl groups is 1. The number of carbonyl (C=O) groups is 1. The minimum absolute atomic E-state index is 0.278. The number of phenols is 1. The zero-order valence-corrected chi connectivity index (χ0v) is 19.7. The number of benzene rings is 1. The second-order valence-corrected chi connectivity index (χ2v) is 10.0. The largest absolute Gasteiger partial charge is 0.508 e. The van der Waals surface area contributed by atoms with Crippen LogP contribution in [0.25, 0.3) is 15.7 Å². The number of allylic oxidation sites excluding steroid dienone is 2. The number of thiophene rings is 1. The number of carbonyl (C=O) groups excluding carboxylic acids is 1. The van der Waals surface area contributed by atoms with Crippen LogP contribution in [0.5, 0.6) is 11.5 Å². The summed E-state index contributed by atoms with van der Waals surface area (Å²) in [5.41, 5.74) is 3.53. The number of likely N-dealkylation sites (tertiary alicyclic amines) is 1. The summed E-state index contributed by atoms with van der Waals surface area (Å²) in [4.78, 5) is 15.4. The van der Waals surface area contributed by atoms with Crippen molar-refractivity contribution in [3.05, 3.63) is 64.5 Å². The Morgan fingerprint density at radius 2 is 1.94 bits per heavy atom. The highest BCUT2D eigenvalue weighted by Gasteiger charge is 2.20. The van der Waals surface area contributed by atoms with Gasteiger partial charge in [-0.2, -0.15) is 0 Å². The molecule has 1 aliphatic heterocycles. The number of ether oxygens (including phenoxy) is 1. The lowest BCUT2D eigenvalue weighted by Crippen LogP contribution is -2.33. The molecule has 1 aromatic heterocycles. The van der Waals surface area contributed by atoms with Gasteiger partial charge in [-0.05, 0) is 85.3 Å². The fraction of sp³-hybridized carbons (Fsp3) is 0.393.